The maximum absolute atomic E-state index is 6.49. The molecule has 0 aliphatic carbocycles. The molecule has 1 fully saturated rings. The van der Waals surface area contributed by atoms with E-state index in [-0.39, 0.29) is 5.60 Å². The van der Waals surface area contributed by atoms with Crippen LogP contribution in [0.1, 0.15) is 37.8 Å². The topological polar surface area (TPSA) is 24.5 Å². The molecule has 2 aliphatic heterocycles. The lowest BCUT2D eigenvalue weighted by molar-refractivity contribution is 0.00699. The van der Waals surface area contributed by atoms with Gasteiger partial charge in [0.25, 0.3) is 0 Å². The Morgan fingerprint density at radius 1 is 1.40 bits per heavy atom. The highest BCUT2D eigenvalue weighted by Gasteiger charge is 2.33. The average Bonchev–Trinajstić information content (AvgIpc) is 2.47. The molecule has 0 saturated carbocycles. The molecule has 1 N–H and O–H groups in total. The van der Waals surface area contributed by atoms with Crippen LogP contribution in [-0.2, 0) is 13.0 Å². The van der Waals surface area contributed by atoms with E-state index in [4.69, 9.17) is 4.74 Å². The van der Waals surface area contributed by atoms with E-state index in [0.29, 0.717) is 0 Å². The van der Waals surface area contributed by atoms with Gasteiger partial charge in [0.1, 0.15) is 11.4 Å². The van der Waals surface area contributed by atoms with E-state index >= 15 is 0 Å². The second-order valence-electron chi connectivity index (χ2n) is 6.34. The van der Waals surface area contributed by atoms with Crippen LogP contribution in [0, 0.1) is 0 Å². The second-order valence-corrected chi connectivity index (χ2v) is 6.34. The van der Waals surface area contributed by atoms with Gasteiger partial charge in [-0.05, 0) is 57.5 Å². The third kappa shape index (κ3) is 2.84. The van der Waals surface area contributed by atoms with Crippen molar-refractivity contribution >= 4 is 0 Å². The first kappa shape index (κ1) is 13.9. The van der Waals surface area contributed by atoms with Gasteiger partial charge in [-0.3, -0.25) is 4.90 Å². The number of ether oxygens (including phenoxy) is 1. The zero-order chi connectivity index (χ0) is 14.0. The van der Waals surface area contributed by atoms with Gasteiger partial charge >= 0.3 is 0 Å². The quantitative estimate of drug-likeness (QED) is 0.917. The predicted molar refractivity (Wildman–Crippen MR) is 82.2 cm³/mol. The van der Waals surface area contributed by atoms with Crippen molar-refractivity contribution in [3.63, 3.8) is 0 Å². The molecule has 1 aromatic carbocycles. The SMILES string of the molecule is CCN1CCCC(C)(Oc2cccc3c2CNCC3)C1. The summed E-state index contributed by atoms with van der Waals surface area (Å²) in [7, 11) is 0. The summed E-state index contributed by atoms with van der Waals surface area (Å²) in [6.07, 6.45) is 3.50. The summed E-state index contributed by atoms with van der Waals surface area (Å²) in [5.74, 6) is 1.09. The Kier molecular flexibility index (Phi) is 3.99. The van der Waals surface area contributed by atoms with Gasteiger partial charge in [0.2, 0.25) is 0 Å². The van der Waals surface area contributed by atoms with E-state index in [0.717, 1.165) is 44.8 Å². The van der Waals surface area contributed by atoms with Crippen LogP contribution in [0.15, 0.2) is 18.2 Å². The normalized spacial score (nSPS) is 27.1. The summed E-state index contributed by atoms with van der Waals surface area (Å²) >= 11 is 0. The monoisotopic (exact) mass is 274 g/mol. The number of rotatable bonds is 3. The smallest absolute Gasteiger partial charge is 0.124 e. The van der Waals surface area contributed by atoms with Crippen molar-refractivity contribution in [2.24, 2.45) is 0 Å². The Morgan fingerprint density at radius 3 is 3.15 bits per heavy atom. The third-order valence-corrected chi connectivity index (χ3v) is 4.64. The fourth-order valence-corrected chi connectivity index (χ4v) is 3.50. The van der Waals surface area contributed by atoms with Gasteiger partial charge < -0.3 is 10.1 Å². The van der Waals surface area contributed by atoms with Crippen LogP contribution < -0.4 is 10.1 Å². The zero-order valence-electron chi connectivity index (χ0n) is 12.7. The molecule has 3 nitrogen and oxygen atoms in total. The number of likely N-dealkylation sites (tertiary alicyclic amines) is 1. The van der Waals surface area contributed by atoms with Crippen LogP contribution in [0.2, 0.25) is 0 Å². The summed E-state index contributed by atoms with van der Waals surface area (Å²) in [6.45, 7) is 9.90. The summed E-state index contributed by atoms with van der Waals surface area (Å²) in [4.78, 5) is 2.50. The molecule has 3 rings (SSSR count). The molecule has 1 atom stereocenters. The van der Waals surface area contributed by atoms with E-state index < -0.39 is 0 Å². The van der Waals surface area contributed by atoms with Gasteiger partial charge in [-0.2, -0.15) is 0 Å². The van der Waals surface area contributed by atoms with Crippen molar-refractivity contribution in [1.29, 1.82) is 0 Å². The minimum Gasteiger partial charge on any atom is -0.486 e. The van der Waals surface area contributed by atoms with Crippen molar-refractivity contribution < 1.29 is 4.74 Å². The standard InChI is InChI=1S/C17H26N2O/c1-3-19-11-5-9-17(2,13-19)20-16-7-4-6-14-8-10-18-12-15(14)16/h4,6-7,18H,3,5,8-13H2,1-2H3. The van der Waals surface area contributed by atoms with Crippen LogP contribution in [0.5, 0.6) is 5.75 Å². The van der Waals surface area contributed by atoms with Gasteiger partial charge in [0, 0.05) is 18.7 Å². The van der Waals surface area contributed by atoms with Crippen molar-refractivity contribution in [2.45, 2.75) is 45.3 Å². The molecule has 3 heteroatoms. The van der Waals surface area contributed by atoms with Gasteiger partial charge in [-0.1, -0.05) is 19.1 Å². The van der Waals surface area contributed by atoms with E-state index in [2.05, 4.69) is 42.3 Å². The molecule has 0 spiro atoms. The minimum atomic E-state index is -0.0408. The Hall–Kier alpha value is -1.06. The Balaban J connectivity index is 1.80. The lowest BCUT2D eigenvalue weighted by Gasteiger charge is -2.41. The van der Waals surface area contributed by atoms with Crippen molar-refractivity contribution in [3.05, 3.63) is 29.3 Å². The van der Waals surface area contributed by atoms with Crippen LogP contribution >= 0.6 is 0 Å². The van der Waals surface area contributed by atoms with Crippen LogP contribution in [-0.4, -0.2) is 36.7 Å². The molecular weight excluding hydrogens is 248 g/mol. The first-order valence-corrected chi connectivity index (χ1v) is 7.93. The van der Waals surface area contributed by atoms with Gasteiger partial charge in [-0.15, -0.1) is 0 Å². The third-order valence-electron chi connectivity index (χ3n) is 4.64. The Bertz CT molecular complexity index is 474. The Labute approximate surface area is 122 Å². The maximum atomic E-state index is 6.49. The first-order valence-electron chi connectivity index (χ1n) is 7.93. The van der Waals surface area contributed by atoms with Crippen molar-refractivity contribution in [3.8, 4) is 5.75 Å². The Morgan fingerprint density at radius 2 is 2.30 bits per heavy atom. The number of hydrogen-bond acceptors (Lipinski definition) is 3. The van der Waals surface area contributed by atoms with Gasteiger partial charge in [-0.25, -0.2) is 0 Å². The van der Waals surface area contributed by atoms with E-state index in [1.54, 1.807) is 0 Å². The number of nitrogens with one attached hydrogen (secondary N) is 1. The van der Waals surface area contributed by atoms with Gasteiger partial charge in [0.15, 0.2) is 0 Å². The molecule has 0 radical (unpaired) electrons. The number of likely N-dealkylation sites (N-methyl/N-ethyl adjacent to an activating group) is 1. The fraction of sp³-hybridized carbons (Fsp3) is 0.647. The molecule has 110 valence electrons. The summed E-state index contributed by atoms with van der Waals surface area (Å²) in [5.41, 5.74) is 2.78. The number of hydrogen-bond donors (Lipinski definition) is 1. The molecule has 1 aromatic rings. The minimum absolute atomic E-state index is 0.0408. The molecule has 0 aromatic heterocycles. The molecule has 0 bridgehead atoms. The number of fused-ring (bicyclic) bond motifs is 1. The average molecular weight is 274 g/mol. The molecule has 20 heavy (non-hydrogen) atoms. The number of benzene rings is 1. The van der Waals surface area contributed by atoms with E-state index in [1.807, 2.05) is 0 Å². The fourth-order valence-electron chi connectivity index (χ4n) is 3.50. The molecule has 2 heterocycles. The zero-order valence-corrected chi connectivity index (χ0v) is 12.7. The number of nitrogens with zero attached hydrogens (tertiary/aromatic N) is 1. The molecule has 2 aliphatic rings. The highest BCUT2D eigenvalue weighted by molar-refractivity contribution is 5.42. The maximum Gasteiger partial charge on any atom is 0.124 e. The summed E-state index contributed by atoms with van der Waals surface area (Å²) in [6, 6.07) is 6.52. The van der Waals surface area contributed by atoms with E-state index in [1.165, 1.54) is 24.1 Å². The van der Waals surface area contributed by atoms with E-state index in [9.17, 15) is 0 Å². The highest BCUT2D eigenvalue weighted by Crippen LogP contribution is 2.32. The summed E-state index contributed by atoms with van der Waals surface area (Å²) < 4.78 is 6.49. The molecule has 1 unspecified atom stereocenters. The largest absolute Gasteiger partial charge is 0.486 e. The molecular formula is C17H26N2O. The molecule has 0 amide bonds. The van der Waals surface area contributed by atoms with Crippen LogP contribution in [0.4, 0.5) is 0 Å². The van der Waals surface area contributed by atoms with Crippen LogP contribution in [0.3, 0.4) is 0 Å². The lowest BCUT2D eigenvalue weighted by atomic mass is 9.94. The summed E-state index contributed by atoms with van der Waals surface area (Å²) in [5, 5.41) is 3.46. The highest BCUT2D eigenvalue weighted by atomic mass is 16.5. The molecule has 1 saturated heterocycles. The number of piperidine rings is 1. The van der Waals surface area contributed by atoms with Crippen LogP contribution in [0.25, 0.3) is 0 Å². The first-order chi connectivity index (χ1) is 9.70. The van der Waals surface area contributed by atoms with Gasteiger partial charge in [0.05, 0.1) is 0 Å². The van der Waals surface area contributed by atoms with Crippen molar-refractivity contribution in [2.75, 3.05) is 26.2 Å². The predicted octanol–water partition coefficient (Wildman–Crippen LogP) is 2.59. The lowest BCUT2D eigenvalue weighted by Crippen LogP contribution is -2.49. The van der Waals surface area contributed by atoms with Crippen molar-refractivity contribution in [1.82, 2.24) is 10.2 Å². The second kappa shape index (κ2) is 5.74.